The normalized spacial score (nSPS) is 13.7. The van der Waals surface area contributed by atoms with Gasteiger partial charge in [0.1, 0.15) is 13.2 Å². The Morgan fingerprint density at radius 2 is 0.722 bits per heavy atom. The molecule has 2 unspecified atom stereocenters. The first-order valence-electron chi connectivity index (χ1n) is 31.3. The van der Waals surface area contributed by atoms with Gasteiger partial charge in [0.25, 0.3) is 0 Å². The van der Waals surface area contributed by atoms with E-state index in [1.54, 1.807) is 0 Å². The third-order valence-electron chi connectivity index (χ3n) is 12.9. The number of allylic oxidation sites excluding steroid dienone is 22. The molecule has 0 aromatic carbocycles. The average molecular weight is 1100 g/mol. The van der Waals surface area contributed by atoms with Crippen LogP contribution in [-0.4, -0.2) is 82.3 Å². The number of rotatable bonds is 56. The zero-order valence-corrected chi connectivity index (χ0v) is 50.9. The van der Waals surface area contributed by atoms with Crippen molar-refractivity contribution in [3.63, 3.8) is 0 Å². The van der Waals surface area contributed by atoms with Gasteiger partial charge in [0.15, 0.2) is 12.4 Å². The second kappa shape index (κ2) is 59.5. The van der Waals surface area contributed by atoms with Crippen molar-refractivity contribution in [1.29, 1.82) is 0 Å². The summed E-state index contributed by atoms with van der Waals surface area (Å²) >= 11 is 0. The molecule has 0 bridgehead atoms. The zero-order chi connectivity index (χ0) is 57.6. The summed E-state index contributed by atoms with van der Waals surface area (Å²) in [5.74, 6) is -2.34. The van der Waals surface area contributed by atoms with E-state index in [0.29, 0.717) is 17.4 Å². The van der Waals surface area contributed by atoms with Crippen LogP contribution >= 0.6 is 0 Å². The highest BCUT2D eigenvalue weighted by molar-refractivity contribution is 5.70. The van der Waals surface area contributed by atoms with Crippen LogP contribution in [0.3, 0.4) is 0 Å². The quantitative estimate of drug-likeness (QED) is 0.0195. The van der Waals surface area contributed by atoms with E-state index >= 15 is 0 Å². The van der Waals surface area contributed by atoms with Crippen LogP contribution in [0.1, 0.15) is 232 Å². The Hall–Kier alpha value is -4.57. The Bertz CT molecular complexity index is 1750. The Morgan fingerprint density at radius 3 is 1.08 bits per heavy atom. The van der Waals surface area contributed by atoms with E-state index in [9.17, 15) is 19.5 Å². The van der Waals surface area contributed by atoms with E-state index in [2.05, 4.69) is 148 Å². The van der Waals surface area contributed by atoms with Crippen LogP contribution in [0.4, 0.5) is 0 Å². The van der Waals surface area contributed by atoms with Gasteiger partial charge in [-0.2, -0.15) is 0 Å². The fourth-order valence-electron chi connectivity index (χ4n) is 8.09. The van der Waals surface area contributed by atoms with Crippen molar-refractivity contribution >= 4 is 17.9 Å². The number of unbranched alkanes of at least 4 members (excludes halogenated alkanes) is 19. The summed E-state index contributed by atoms with van der Waals surface area (Å²) in [6.07, 6.45) is 82.1. The molecular weight excluding hydrogens is 983 g/mol. The van der Waals surface area contributed by atoms with E-state index in [1.165, 1.54) is 77.0 Å². The lowest BCUT2D eigenvalue weighted by Crippen LogP contribution is -2.44. The summed E-state index contributed by atoms with van der Waals surface area (Å²) in [4.78, 5) is 37.4. The third-order valence-corrected chi connectivity index (χ3v) is 12.9. The first-order chi connectivity index (χ1) is 38.6. The van der Waals surface area contributed by atoms with E-state index in [4.69, 9.17) is 18.9 Å². The Morgan fingerprint density at radius 1 is 0.392 bits per heavy atom. The molecule has 2 atom stereocenters. The Labute approximate surface area is 484 Å². The van der Waals surface area contributed by atoms with E-state index < -0.39 is 24.3 Å². The summed E-state index contributed by atoms with van der Waals surface area (Å²) < 4.78 is 22.7. The van der Waals surface area contributed by atoms with Gasteiger partial charge in [-0.3, -0.25) is 9.59 Å². The molecule has 9 heteroatoms. The van der Waals surface area contributed by atoms with Crippen LogP contribution in [0, 0.1) is 0 Å². The topological polar surface area (TPSA) is 111 Å². The van der Waals surface area contributed by atoms with Crippen LogP contribution in [-0.2, 0) is 33.3 Å². The zero-order valence-electron chi connectivity index (χ0n) is 50.9. The van der Waals surface area contributed by atoms with Gasteiger partial charge in [0.05, 0.1) is 40.3 Å². The molecule has 0 aromatic heterocycles. The SMILES string of the molecule is CC/C=C\C/C=C\C/C=C\C/C=C\C/C=C\C/C=C\C/C=C\C/C=C\CCCCCCC(=O)OC(COC(=O)CCCCCCCCCCCC/C=C\C/C=C\C/C=C\CCCCCCC)COC(OCC[N+](C)(C)C)C(=O)[O-]. The number of nitrogens with zero attached hydrogens (tertiary/aromatic N) is 1. The number of carbonyl (C=O) groups excluding carboxylic acids is 3. The highest BCUT2D eigenvalue weighted by atomic mass is 16.7. The lowest BCUT2D eigenvalue weighted by Gasteiger charge is -2.26. The smallest absolute Gasteiger partial charge is 0.306 e. The minimum atomic E-state index is -1.64. The number of ether oxygens (including phenoxy) is 4. The van der Waals surface area contributed by atoms with E-state index in [0.717, 1.165) is 122 Å². The maximum Gasteiger partial charge on any atom is 0.306 e. The number of hydrogen-bond donors (Lipinski definition) is 0. The molecule has 0 saturated heterocycles. The standard InChI is InChI=1S/C70H115NO8/c1-6-8-10-12-14-16-18-20-22-24-26-28-30-32-33-34-35-37-39-41-43-45-47-49-51-53-55-57-59-61-68(73)79-66(65-78-70(69(74)75)76-63-62-71(3,4)5)64-77-67(72)60-58-56-54-52-50-48-46-44-42-40-38-36-31-29-27-25-23-21-19-17-15-13-11-9-7-2/h8,10,14,16,19-22,25-28,31-33,35-37,41,43,47,49,66,70H,6-7,9,11-13,15,17-18,23-24,29-30,34,38-40,42,44-46,48,50-65H2,1-5H3/b10-8-,16-14-,21-19-,22-20-,27-25-,28-26-,33-32-,36-31-,37-35-,43-41-,49-47-. The fraction of sp³-hybridized carbons (Fsp3) is 0.643. The lowest BCUT2D eigenvalue weighted by molar-refractivity contribution is -0.870. The fourth-order valence-corrected chi connectivity index (χ4v) is 8.09. The second-order valence-electron chi connectivity index (χ2n) is 21.6. The van der Waals surface area contributed by atoms with Crippen LogP contribution in [0.2, 0.25) is 0 Å². The number of aliphatic carboxylic acids is 1. The molecule has 0 aliphatic rings. The molecule has 0 spiro atoms. The summed E-state index contributed by atoms with van der Waals surface area (Å²) in [7, 11) is 5.90. The molecule has 0 saturated carbocycles. The molecule has 0 radical (unpaired) electrons. The number of likely N-dealkylation sites (N-methyl/N-ethyl adjacent to an activating group) is 1. The van der Waals surface area contributed by atoms with E-state index in [-0.39, 0.29) is 38.6 Å². The summed E-state index contributed by atoms with van der Waals surface area (Å²) in [6, 6.07) is 0. The molecule has 0 rings (SSSR count). The molecule has 79 heavy (non-hydrogen) atoms. The molecule has 0 aromatic rings. The molecule has 0 heterocycles. The molecule has 0 amide bonds. The molecule has 0 aliphatic heterocycles. The van der Waals surface area contributed by atoms with Gasteiger partial charge in [-0.1, -0.05) is 237 Å². The van der Waals surface area contributed by atoms with Crippen molar-refractivity contribution in [2.75, 3.05) is 47.5 Å². The van der Waals surface area contributed by atoms with Gasteiger partial charge in [0, 0.05) is 12.8 Å². The number of quaternary nitrogens is 1. The Kier molecular flexibility index (Phi) is 56.1. The molecule has 0 aliphatic carbocycles. The Balaban J connectivity index is 4.32. The van der Waals surface area contributed by atoms with Crippen LogP contribution in [0.25, 0.3) is 0 Å². The maximum absolute atomic E-state index is 12.9. The highest BCUT2D eigenvalue weighted by Crippen LogP contribution is 2.14. The first-order valence-corrected chi connectivity index (χ1v) is 31.3. The van der Waals surface area contributed by atoms with Crippen molar-refractivity contribution in [2.24, 2.45) is 0 Å². The second-order valence-corrected chi connectivity index (χ2v) is 21.6. The van der Waals surface area contributed by atoms with Crippen molar-refractivity contribution in [1.82, 2.24) is 0 Å². The number of carbonyl (C=O) groups is 3. The van der Waals surface area contributed by atoms with Crippen molar-refractivity contribution in [3.05, 3.63) is 134 Å². The summed E-state index contributed by atoms with van der Waals surface area (Å²) in [5, 5.41) is 11.8. The van der Waals surface area contributed by atoms with Crippen molar-refractivity contribution < 1.29 is 42.9 Å². The van der Waals surface area contributed by atoms with Gasteiger partial charge >= 0.3 is 11.9 Å². The van der Waals surface area contributed by atoms with Crippen LogP contribution < -0.4 is 5.11 Å². The molecule has 9 nitrogen and oxygen atoms in total. The van der Waals surface area contributed by atoms with Crippen molar-refractivity contribution in [2.45, 2.75) is 245 Å². The van der Waals surface area contributed by atoms with Gasteiger partial charge in [0.2, 0.25) is 0 Å². The lowest BCUT2D eigenvalue weighted by atomic mass is 10.1. The van der Waals surface area contributed by atoms with Crippen LogP contribution in [0.15, 0.2) is 134 Å². The van der Waals surface area contributed by atoms with Gasteiger partial charge in [-0.15, -0.1) is 0 Å². The molecule has 448 valence electrons. The minimum Gasteiger partial charge on any atom is -0.545 e. The molecule has 0 N–H and O–H groups in total. The van der Waals surface area contributed by atoms with E-state index in [1.807, 2.05) is 21.1 Å². The highest BCUT2D eigenvalue weighted by Gasteiger charge is 2.22. The van der Waals surface area contributed by atoms with Gasteiger partial charge in [-0.05, 0) is 116 Å². The van der Waals surface area contributed by atoms with Gasteiger partial charge in [-0.25, -0.2) is 0 Å². The van der Waals surface area contributed by atoms with Crippen LogP contribution in [0.5, 0.6) is 0 Å². The minimum absolute atomic E-state index is 0.134. The number of hydrogen-bond acceptors (Lipinski definition) is 8. The first kappa shape index (κ1) is 74.4. The largest absolute Gasteiger partial charge is 0.545 e. The maximum atomic E-state index is 12.9. The number of esters is 2. The van der Waals surface area contributed by atoms with Gasteiger partial charge < -0.3 is 33.3 Å². The predicted octanol–water partition coefficient (Wildman–Crippen LogP) is 17.7. The summed E-state index contributed by atoms with van der Waals surface area (Å²) in [5.41, 5.74) is 0. The molecule has 0 fully saturated rings. The molecular formula is C70H115NO8. The monoisotopic (exact) mass is 1100 g/mol. The number of carboxylic acids is 1. The third kappa shape index (κ3) is 60.9. The average Bonchev–Trinajstić information content (AvgIpc) is 3.42. The predicted molar refractivity (Wildman–Crippen MR) is 333 cm³/mol. The van der Waals surface area contributed by atoms with Crippen molar-refractivity contribution in [3.8, 4) is 0 Å². The summed E-state index contributed by atoms with van der Waals surface area (Å²) in [6.45, 7) is 4.58. The number of carboxylic acid groups (broad SMARTS) is 1.